The van der Waals surface area contributed by atoms with Crippen molar-refractivity contribution in [1.29, 1.82) is 0 Å². The molecule has 1 unspecified atom stereocenters. The molecule has 0 bridgehead atoms. The Balaban J connectivity index is 1.74. The van der Waals surface area contributed by atoms with Gasteiger partial charge < -0.3 is 14.9 Å². The maximum absolute atomic E-state index is 11.2. The van der Waals surface area contributed by atoms with Gasteiger partial charge in [0.25, 0.3) is 0 Å². The Labute approximate surface area is 119 Å². The number of nitrogens with zero attached hydrogens (tertiary/aromatic N) is 3. The maximum atomic E-state index is 11.2. The molecular formula is C12H14N4O3S. The molecule has 2 heterocycles. The minimum absolute atomic E-state index is 0.394. The second-order valence-electron chi connectivity index (χ2n) is 4.70. The molecule has 1 aliphatic carbocycles. The zero-order chi connectivity index (χ0) is 14.1. The average molecular weight is 294 g/mol. The number of carbonyl (C=O) groups is 1. The zero-order valence-corrected chi connectivity index (χ0v) is 11.7. The summed E-state index contributed by atoms with van der Waals surface area (Å²) in [6.45, 7) is 2.15. The van der Waals surface area contributed by atoms with E-state index in [1.165, 1.54) is 11.3 Å². The third-order valence-corrected chi connectivity index (χ3v) is 4.30. The van der Waals surface area contributed by atoms with Crippen molar-refractivity contribution >= 4 is 22.4 Å². The minimum Gasteiger partial charge on any atom is -0.481 e. The molecule has 106 valence electrons. The molecule has 1 atom stereocenters. The zero-order valence-electron chi connectivity index (χ0n) is 10.9. The van der Waals surface area contributed by atoms with E-state index in [9.17, 15) is 9.90 Å². The van der Waals surface area contributed by atoms with Gasteiger partial charge in [0.05, 0.1) is 12.2 Å². The average Bonchev–Trinajstić information content (AvgIpc) is 3.01. The number of aryl methyl sites for hydroxylation is 2. The number of hydrogen-bond acceptors (Lipinski definition) is 7. The van der Waals surface area contributed by atoms with E-state index in [2.05, 4.69) is 20.4 Å². The topological polar surface area (TPSA) is 101 Å². The van der Waals surface area contributed by atoms with Crippen molar-refractivity contribution in [3.8, 4) is 0 Å². The van der Waals surface area contributed by atoms with Crippen LogP contribution in [0.3, 0.4) is 0 Å². The standard InChI is InChI=1S/C12H14N4O3S/c1-6-14-9(19-16-6)5-13-12-15-10-7(11(17)18)3-2-4-8(10)20-12/h7H,2-5H2,1H3,(H,13,15)(H,17,18). The van der Waals surface area contributed by atoms with Crippen LogP contribution in [0.2, 0.25) is 0 Å². The summed E-state index contributed by atoms with van der Waals surface area (Å²) in [5.74, 6) is -0.192. The molecule has 2 aromatic heterocycles. The van der Waals surface area contributed by atoms with Crippen molar-refractivity contribution in [3.05, 3.63) is 22.3 Å². The van der Waals surface area contributed by atoms with Crippen molar-refractivity contribution in [2.45, 2.75) is 38.6 Å². The number of rotatable bonds is 4. The Hall–Kier alpha value is -1.96. The second-order valence-corrected chi connectivity index (χ2v) is 5.78. The highest BCUT2D eigenvalue weighted by molar-refractivity contribution is 7.15. The first kappa shape index (κ1) is 13.0. The monoisotopic (exact) mass is 294 g/mol. The second kappa shape index (κ2) is 5.20. The van der Waals surface area contributed by atoms with Gasteiger partial charge in [-0.2, -0.15) is 4.98 Å². The van der Waals surface area contributed by atoms with Crippen LogP contribution in [0, 0.1) is 6.92 Å². The Bertz CT molecular complexity index is 636. The summed E-state index contributed by atoms with van der Waals surface area (Å²) in [5, 5.41) is 16.7. The predicted octanol–water partition coefficient (Wildman–Crippen LogP) is 1.95. The summed E-state index contributed by atoms with van der Waals surface area (Å²) in [6, 6.07) is 0. The molecule has 0 aromatic carbocycles. The number of hydrogen-bond donors (Lipinski definition) is 2. The normalized spacial score (nSPS) is 17.8. The first-order valence-corrected chi connectivity index (χ1v) is 7.20. The molecular weight excluding hydrogens is 280 g/mol. The van der Waals surface area contributed by atoms with Gasteiger partial charge in [-0.15, -0.1) is 11.3 Å². The first-order valence-electron chi connectivity index (χ1n) is 6.39. The Morgan fingerprint density at radius 1 is 1.55 bits per heavy atom. The van der Waals surface area contributed by atoms with Crippen LogP contribution in [0.5, 0.6) is 0 Å². The highest BCUT2D eigenvalue weighted by Crippen LogP contribution is 2.36. The third kappa shape index (κ3) is 2.51. The molecule has 0 amide bonds. The molecule has 1 aliphatic rings. The molecule has 3 rings (SSSR count). The van der Waals surface area contributed by atoms with Gasteiger partial charge in [0.1, 0.15) is 5.92 Å². The number of carboxylic acid groups (broad SMARTS) is 1. The quantitative estimate of drug-likeness (QED) is 0.888. The predicted molar refractivity (Wildman–Crippen MR) is 71.8 cm³/mol. The molecule has 2 N–H and O–H groups in total. The SMILES string of the molecule is Cc1noc(CNc2nc3c(s2)CCCC3C(=O)O)n1. The van der Waals surface area contributed by atoms with E-state index in [-0.39, 0.29) is 0 Å². The number of fused-ring (bicyclic) bond motifs is 1. The van der Waals surface area contributed by atoms with E-state index in [0.717, 1.165) is 17.7 Å². The smallest absolute Gasteiger partial charge is 0.312 e. The largest absolute Gasteiger partial charge is 0.481 e. The van der Waals surface area contributed by atoms with Crippen LogP contribution < -0.4 is 5.32 Å². The number of thiazole rings is 1. The Kier molecular flexibility index (Phi) is 3.39. The maximum Gasteiger partial charge on any atom is 0.312 e. The van der Waals surface area contributed by atoms with Crippen LogP contribution in [0.4, 0.5) is 5.13 Å². The van der Waals surface area contributed by atoms with Crippen molar-refractivity contribution in [1.82, 2.24) is 15.1 Å². The molecule has 7 nitrogen and oxygen atoms in total. The fourth-order valence-corrected chi connectivity index (χ4v) is 3.36. The van der Waals surface area contributed by atoms with Crippen molar-refractivity contribution in [3.63, 3.8) is 0 Å². The van der Waals surface area contributed by atoms with Crippen LogP contribution >= 0.6 is 11.3 Å². The van der Waals surface area contributed by atoms with Crippen LogP contribution in [-0.4, -0.2) is 26.2 Å². The molecule has 0 saturated heterocycles. The molecule has 8 heteroatoms. The van der Waals surface area contributed by atoms with Crippen molar-refractivity contribution in [2.75, 3.05) is 5.32 Å². The van der Waals surface area contributed by atoms with Crippen LogP contribution in [0.15, 0.2) is 4.52 Å². The Morgan fingerprint density at radius 3 is 3.10 bits per heavy atom. The van der Waals surface area contributed by atoms with Gasteiger partial charge in [-0.1, -0.05) is 5.16 Å². The van der Waals surface area contributed by atoms with E-state index >= 15 is 0 Å². The Morgan fingerprint density at radius 2 is 2.40 bits per heavy atom. The highest BCUT2D eigenvalue weighted by Gasteiger charge is 2.29. The fraction of sp³-hybridized carbons (Fsp3) is 0.500. The molecule has 0 spiro atoms. The fourth-order valence-electron chi connectivity index (χ4n) is 2.30. The lowest BCUT2D eigenvalue weighted by Crippen LogP contribution is -2.17. The van der Waals surface area contributed by atoms with Gasteiger partial charge in [0.2, 0.25) is 5.89 Å². The summed E-state index contributed by atoms with van der Waals surface area (Å²) in [7, 11) is 0. The summed E-state index contributed by atoms with van der Waals surface area (Å²) in [4.78, 5) is 20.8. The highest BCUT2D eigenvalue weighted by atomic mass is 32.1. The lowest BCUT2D eigenvalue weighted by atomic mass is 9.91. The molecule has 0 fully saturated rings. The van der Waals surface area contributed by atoms with Gasteiger partial charge in [-0.25, -0.2) is 4.98 Å². The van der Waals surface area contributed by atoms with Crippen LogP contribution in [-0.2, 0) is 17.8 Å². The number of anilines is 1. The summed E-state index contributed by atoms with van der Waals surface area (Å²) in [6.07, 6.45) is 2.46. The van der Waals surface area contributed by atoms with Gasteiger partial charge in [0, 0.05) is 4.88 Å². The summed E-state index contributed by atoms with van der Waals surface area (Å²) in [5.41, 5.74) is 0.706. The molecule has 0 radical (unpaired) electrons. The number of nitrogens with one attached hydrogen (secondary N) is 1. The number of aromatic nitrogens is 3. The van der Waals surface area contributed by atoms with E-state index < -0.39 is 11.9 Å². The third-order valence-electron chi connectivity index (χ3n) is 3.21. The molecule has 2 aromatic rings. The van der Waals surface area contributed by atoms with Gasteiger partial charge >= 0.3 is 5.97 Å². The van der Waals surface area contributed by atoms with Crippen molar-refractivity contribution < 1.29 is 14.4 Å². The minimum atomic E-state index is -0.796. The van der Waals surface area contributed by atoms with Gasteiger partial charge in [-0.05, 0) is 26.2 Å². The number of carboxylic acids is 1. The van der Waals surface area contributed by atoms with Crippen molar-refractivity contribution in [2.24, 2.45) is 0 Å². The number of aliphatic carboxylic acids is 1. The van der Waals surface area contributed by atoms with Gasteiger partial charge in [-0.3, -0.25) is 4.79 Å². The van der Waals surface area contributed by atoms with E-state index in [0.29, 0.717) is 35.5 Å². The summed E-state index contributed by atoms with van der Waals surface area (Å²) >= 11 is 1.51. The molecule has 0 aliphatic heterocycles. The van der Waals surface area contributed by atoms with E-state index in [1.54, 1.807) is 6.92 Å². The van der Waals surface area contributed by atoms with E-state index in [4.69, 9.17) is 4.52 Å². The van der Waals surface area contributed by atoms with Gasteiger partial charge in [0.15, 0.2) is 11.0 Å². The lowest BCUT2D eigenvalue weighted by molar-refractivity contribution is -0.139. The summed E-state index contributed by atoms with van der Waals surface area (Å²) < 4.78 is 5.01. The van der Waals surface area contributed by atoms with E-state index in [1.807, 2.05) is 0 Å². The first-order chi connectivity index (χ1) is 9.63. The molecule has 20 heavy (non-hydrogen) atoms. The molecule has 0 saturated carbocycles. The van der Waals surface area contributed by atoms with Crippen LogP contribution in [0.1, 0.15) is 41.0 Å². The lowest BCUT2D eigenvalue weighted by Gasteiger charge is -2.16. The van der Waals surface area contributed by atoms with Crippen LogP contribution in [0.25, 0.3) is 0 Å².